The summed E-state index contributed by atoms with van der Waals surface area (Å²) >= 11 is 3.14. The van der Waals surface area contributed by atoms with E-state index in [0.29, 0.717) is 11.0 Å². The predicted octanol–water partition coefficient (Wildman–Crippen LogP) is 4.78. The van der Waals surface area contributed by atoms with Crippen LogP contribution in [0.4, 0.5) is 13.2 Å². The van der Waals surface area contributed by atoms with Crippen LogP contribution in [-0.4, -0.2) is 12.5 Å². The van der Waals surface area contributed by atoms with Crippen LogP contribution in [0.2, 0.25) is 0 Å². The SMILES string of the molecule is CC1(CNC(=O)c2cc(C(F)(F)F)ccc2Br)CCCC1. The molecule has 116 valence electrons. The highest BCUT2D eigenvalue weighted by Crippen LogP contribution is 2.37. The van der Waals surface area contributed by atoms with Gasteiger partial charge in [-0.15, -0.1) is 0 Å². The van der Waals surface area contributed by atoms with E-state index < -0.39 is 17.6 Å². The van der Waals surface area contributed by atoms with E-state index in [0.717, 1.165) is 37.8 Å². The number of alkyl halides is 3. The maximum absolute atomic E-state index is 12.7. The van der Waals surface area contributed by atoms with Crippen LogP contribution < -0.4 is 5.32 Å². The second-order valence-corrected chi connectivity index (χ2v) is 6.75. The Bertz CT molecular complexity index is 536. The number of rotatable bonds is 3. The lowest BCUT2D eigenvalue weighted by molar-refractivity contribution is -0.137. The molecule has 1 aliphatic carbocycles. The number of nitrogens with one attached hydrogen (secondary N) is 1. The largest absolute Gasteiger partial charge is 0.416 e. The number of halogens is 4. The molecular weight excluding hydrogens is 347 g/mol. The molecule has 0 bridgehead atoms. The van der Waals surface area contributed by atoms with Gasteiger partial charge in [0.25, 0.3) is 5.91 Å². The zero-order valence-corrected chi connectivity index (χ0v) is 13.3. The number of amides is 1. The van der Waals surface area contributed by atoms with Crippen molar-refractivity contribution in [1.82, 2.24) is 5.32 Å². The summed E-state index contributed by atoms with van der Waals surface area (Å²) in [7, 11) is 0. The van der Waals surface area contributed by atoms with Crippen molar-refractivity contribution in [3.8, 4) is 0 Å². The zero-order valence-electron chi connectivity index (χ0n) is 11.7. The molecule has 0 aliphatic heterocycles. The van der Waals surface area contributed by atoms with Gasteiger partial charge in [-0.1, -0.05) is 19.8 Å². The third-order valence-electron chi connectivity index (χ3n) is 4.02. The molecule has 0 spiro atoms. The molecule has 1 aromatic carbocycles. The first-order chi connectivity index (χ1) is 9.71. The summed E-state index contributed by atoms with van der Waals surface area (Å²) < 4.78 is 38.5. The van der Waals surface area contributed by atoms with E-state index in [-0.39, 0.29) is 11.0 Å². The number of benzene rings is 1. The van der Waals surface area contributed by atoms with Gasteiger partial charge in [0.15, 0.2) is 0 Å². The quantitative estimate of drug-likeness (QED) is 0.822. The lowest BCUT2D eigenvalue weighted by atomic mass is 9.89. The predicted molar refractivity (Wildman–Crippen MR) is 78.1 cm³/mol. The first-order valence-electron chi connectivity index (χ1n) is 6.86. The third kappa shape index (κ3) is 3.99. The minimum atomic E-state index is -4.45. The molecule has 0 unspecified atom stereocenters. The van der Waals surface area contributed by atoms with Crippen LogP contribution in [0, 0.1) is 5.41 Å². The first-order valence-corrected chi connectivity index (χ1v) is 7.66. The van der Waals surface area contributed by atoms with Gasteiger partial charge in [-0.2, -0.15) is 13.2 Å². The number of carbonyl (C=O) groups excluding carboxylic acids is 1. The second-order valence-electron chi connectivity index (χ2n) is 5.89. The molecule has 0 radical (unpaired) electrons. The second kappa shape index (κ2) is 5.99. The summed E-state index contributed by atoms with van der Waals surface area (Å²) in [4.78, 5) is 12.1. The van der Waals surface area contributed by atoms with Crippen molar-refractivity contribution < 1.29 is 18.0 Å². The fourth-order valence-corrected chi connectivity index (χ4v) is 3.10. The Kier molecular flexibility index (Phi) is 4.66. The maximum Gasteiger partial charge on any atom is 0.416 e. The molecule has 0 saturated heterocycles. The monoisotopic (exact) mass is 363 g/mol. The van der Waals surface area contributed by atoms with E-state index in [9.17, 15) is 18.0 Å². The van der Waals surface area contributed by atoms with E-state index in [1.54, 1.807) is 0 Å². The van der Waals surface area contributed by atoms with Gasteiger partial charge < -0.3 is 5.32 Å². The summed E-state index contributed by atoms with van der Waals surface area (Å²) in [6.45, 7) is 2.59. The van der Waals surface area contributed by atoms with Crippen LogP contribution in [0.5, 0.6) is 0 Å². The summed E-state index contributed by atoms with van der Waals surface area (Å²) in [5.41, 5.74) is -0.738. The molecule has 1 saturated carbocycles. The molecule has 1 aromatic rings. The molecule has 1 N–H and O–H groups in total. The van der Waals surface area contributed by atoms with Gasteiger partial charge >= 0.3 is 6.18 Å². The molecule has 1 amide bonds. The molecule has 2 nitrogen and oxygen atoms in total. The zero-order chi connectivity index (χ0) is 15.7. The summed E-state index contributed by atoms with van der Waals surface area (Å²) in [5.74, 6) is -0.471. The maximum atomic E-state index is 12.7. The van der Waals surface area contributed by atoms with Gasteiger partial charge in [-0.05, 0) is 52.4 Å². The molecule has 0 atom stereocenters. The molecule has 0 aromatic heterocycles. The normalized spacial score (nSPS) is 17.8. The standard InChI is InChI=1S/C15H17BrF3NO/c1-14(6-2-3-7-14)9-20-13(21)11-8-10(15(17,18)19)4-5-12(11)16/h4-5,8H,2-3,6-7,9H2,1H3,(H,20,21). The molecular formula is C15H17BrF3NO. The fraction of sp³-hybridized carbons (Fsp3) is 0.533. The average molecular weight is 364 g/mol. The summed E-state index contributed by atoms with van der Waals surface area (Å²) in [5, 5.41) is 2.76. The molecule has 6 heteroatoms. The highest BCUT2D eigenvalue weighted by atomic mass is 79.9. The van der Waals surface area contributed by atoms with Crippen molar-refractivity contribution in [3.63, 3.8) is 0 Å². The minimum absolute atomic E-state index is 0.0198. The minimum Gasteiger partial charge on any atom is -0.351 e. The summed E-state index contributed by atoms with van der Waals surface area (Å²) in [6.07, 6.45) is -0.0967. The highest BCUT2D eigenvalue weighted by molar-refractivity contribution is 9.10. The van der Waals surface area contributed by atoms with Crippen molar-refractivity contribution >= 4 is 21.8 Å². The van der Waals surface area contributed by atoms with E-state index in [1.165, 1.54) is 6.07 Å². The Morgan fingerprint density at radius 2 is 1.95 bits per heavy atom. The van der Waals surface area contributed by atoms with Gasteiger partial charge in [0.1, 0.15) is 0 Å². The van der Waals surface area contributed by atoms with E-state index in [2.05, 4.69) is 28.2 Å². The highest BCUT2D eigenvalue weighted by Gasteiger charge is 2.32. The van der Waals surface area contributed by atoms with Gasteiger partial charge in [0.2, 0.25) is 0 Å². The first kappa shape index (κ1) is 16.3. The van der Waals surface area contributed by atoms with E-state index in [4.69, 9.17) is 0 Å². The van der Waals surface area contributed by atoms with Crippen molar-refractivity contribution in [1.29, 1.82) is 0 Å². The molecule has 1 fully saturated rings. The van der Waals surface area contributed by atoms with Gasteiger partial charge in [-0.25, -0.2) is 0 Å². The van der Waals surface area contributed by atoms with E-state index in [1.807, 2.05) is 0 Å². The van der Waals surface area contributed by atoms with Crippen LogP contribution in [0.3, 0.4) is 0 Å². The third-order valence-corrected chi connectivity index (χ3v) is 4.72. The Morgan fingerprint density at radius 3 is 2.52 bits per heavy atom. The Balaban J connectivity index is 2.11. The van der Waals surface area contributed by atoms with Crippen LogP contribution in [-0.2, 0) is 6.18 Å². The van der Waals surface area contributed by atoms with Crippen LogP contribution in [0.1, 0.15) is 48.5 Å². The van der Waals surface area contributed by atoms with Crippen molar-refractivity contribution in [2.24, 2.45) is 5.41 Å². The lowest BCUT2D eigenvalue weighted by Gasteiger charge is -2.24. The fourth-order valence-electron chi connectivity index (χ4n) is 2.67. The van der Waals surface area contributed by atoms with Gasteiger partial charge in [0.05, 0.1) is 11.1 Å². The van der Waals surface area contributed by atoms with Crippen LogP contribution in [0.15, 0.2) is 22.7 Å². The van der Waals surface area contributed by atoms with Crippen LogP contribution in [0.25, 0.3) is 0 Å². The van der Waals surface area contributed by atoms with Crippen molar-refractivity contribution in [2.75, 3.05) is 6.54 Å². The van der Waals surface area contributed by atoms with Crippen LogP contribution >= 0.6 is 15.9 Å². The Labute approximate surface area is 130 Å². The number of hydrogen-bond donors (Lipinski definition) is 1. The Morgan fingerprint density at radius 1 is 1.33 bits per heavy atom. The molecule has 1 aliphatic rings. The van der Waals surface area contributed by atoms with Crippen molar-refractivity contribution in [3.05, 3.63) is 33.8 Å². The number of carbonyl (C=O) groups is 1. The average Bonchev–Trinajstić information content (AvgIpc) is 2.83. The molecule has 0 heterocycles. The van der Waals surface area contributed by atoms with Gasteiger partial charge in [-0.3, -0.25) is 4.79 Å². The summed E-state index contributed by atoms with van der Waals surface area (Å²) in [6, 6.07) is 3.10. The topological polar surface area (TPSA) is 29.1 Å². The smallest absolute Gasteiger partial charge is 0.351 e. The lowest BCUT2D eigenvalue weighted by Crippen LogP contribution is -2.34. The van der Waals surface area contributed by atoms with E-state index >= 15 is 0 Å². The molecule has 21 heavy (non-hydrogen) atoms. The van der Waals surface area contributed by atoms with Crippen molar-refractivity contribution in [2.45, 2.75) is 38.8 Å². The molecule has 2 rings (SSSR count). The Hall–Kier alpha value is -1.04. The van der Waals surface area contributed by atoms with Gasteiger partial charge in [0, 0.05) is 11.0 Å². The number of hydrogen-bond acceptors (Lipinski definition) is 1.